The van der Waals surface area contributed by atoms with Gasteiger partial charge in [0.2, 0.25) is 10.0 Å². The van der Waals surface area contributed by atoms with Crippen LogP contribution in [0.4, 0.5) is 0 Å². The monoisotopic (exact) mass is 318 g/mol. The van der Waals surface area contributed by atoms with Gasteiger partial charge in [0.05, 0.1) is 10.4 Å². The van der Waals surface area contributed by atoms with Gasteiger partial charge in [0.15, 0.2) is 5.58 Å². The molecule has 3 rings (SSSR count). The number of fused-ring (bicyclic) bond motifs is 1. The zero-order valence-electron chi connectivity index (χ0n) is 11.8. The van der Waals surface area contributed by atoms with Gasteiger partial charge in [-0.2, -0.15) is 0 Å². The fourth-order valence-electron chi connectivity index (χ4n) is 2.22. The molecule has 6 nitrogen and oxygen atoms in total. The van der Waals surface area contributed by atoms with Gasteiger partial charge in [-0.15, -0.1) is 0 Å². The Morgan fingerprint density at radius 3 is 2.73 bits per heavy atom. The van der Waals surface area contributed by atoms with E-state index in [1.54, 1.807) is 49.4 Å². The van der Waals surface area contributed by atoms with Crippen molar-refractivity contribution >= 4 is 21.1 Å². The second-order valence-electron chi connectivity index (χ2n) is 4.94. The molecule has 0 aliphatic rings. The molecule has 0 aliphatic carbocycles. The number of aryl methyl sites for hydroxylation is 1. The van der Waals surface area contributed by atoms with Gasteiger partial charge < -0.3 is 4.42 Å². The van der Waals surface area contributed by atoms with Gasteiger partial charge in [-0.3, -0.25) is 4.98 Å². The summed E-state index contributed by atoms with van der Waals surface area (Å²) < 4.78 is 32.1. The highest BCUT2D eigenvalue weighted by molar-refractivity contribution is 7.89. The van der Waals surface area contributed by atoms with Crippen molar-refractivity contribution in [3.05, 3.63) is 64.1 Å². The van der Waals surface area contributed by atoms with E-state index in [9.17, 15) is 13.2 Å². The SMILES string of the molecule is Cc1ccccc1S(=O)(=O)NCc1ccc2oc(=O)[nH]c2c1. The molecule has 0 aliphatic heterocycles. The third-order valence-electron chi connectivity index (χ3n) is 3.33. The van der Waals surface area contributed by atoms with Crippen LogP contribution in [0, 0.1) is 6.92 Å². The van der Waals surface area contributed by atoms with Crippen LogP contribution in [0.15, 0.2) is 56.6 Å². The molecule has 0 bridgehead atoms. The Morgan fingerprint density at radius 1 is 1.18 bits per heavy atom. The minimum Gasteiger partial charge on any atom is -0.408 e. The molecular weight excluding hydrogens is 304 g/mol. The summed E-state index contributed by atoms with van der Waals surface area (Å²) in [6.45, 7) is 1.87. The van der Waals surface area contributed by atoms with E-state index in [1.807, 2.05) is 0 Å². The molecule has 22 heavy (non-hydrogen) atoms. The summed E-state index contributed by atoms with van der Waals surface area (Å²) in [5.41, 5.74) is 2.39. The third-order valence-corrected chi connectivity index (χ3v) is 4.89. The second-order valence-corrected chi connectivity index (χ2v) is 6.67. The number of benzene rings is 2. The van der Waals surface area contributed by atoms with Crippen molar-refractivity contribution in [1.29, 1.82) is 0 Å². The maximum atomic E-state index is 12.3. The number of aromatic nitrogens is 1. The highest BCUT2D eigenvalue weighted by atomic mass is 32.2. The summed E-state index contributed by atoms with van der Waals surface area (Å²) in [5, 5.41) is 0. The number of nitrogens with one attached hydrogen (secondary N) is 2. The number of sulfonamides is 1. The molecule has 3 aromatic rings. The molecule has 2 aromatic carbocycles. The molecule has 0 atom stereocenters. The van der Waals surface area contributed by atoms with Gasteiger partial charge in [0.1, 0.15) is 0 Å². The van der Waals surface area contributed by atoms with Crippen molar-refractivity contribution < 1.29 is 12.8 Å². The standard InChI is InChI=1S/C15H14N2O4S/c1-10-4-2-3-5-14(10)22(19,20)16-9-11-6-7-13-12(8-11)17-15(18)21-13/h2-8,16H,9H2,1H3,(H,17,18). The molecule has 0 fully saturated rings. The van der Waals surface area contributed by atoms with Gasteiger partial charge in [0.25, 0.3) is 0 Å². The van der Waals surface area contributed by atoms with E-state index in [-0.39, 0.29) is 11.4 Å². The van der Waals surface area contributed by atoms with E-state index >= 15 is 0 Å². The van der Waals surface area contributed by atoms with Crippen LogP contribution in [0.25, 0.3) is 11.1 Å². The third kappa shape index (κ3) is 2.81. The van der Waals surface area contributed by atoms with E-state index < -0.39 is 15.8 Å². The van der Waals surface area contributed by atoms with E-state index in [4.69, 9.17) is 4.42 Å². The number of aromatic amines is 1. The summed E-state index contributed by atoms with van der Waals surface area (Å²) >= 11 is 0. The molecule has 114 valence electrons. The molecule has 1 heterocycles. The minimum absolute atomic E-state index is 0.125. The predicted molar refractivity (Wildman–Crippen MR) is 82.0 cm³/mol. The van der Waals surface area contributed by atoms with E-state index in [1.165, 1.54) is 0 Å². The van der Waals surface area contributed by atoms with E-state index in [2.05, 4.69) is 9.71 Å². The predicted octanol–water partition coefficient (Wildman–Crippen LogP) is 1.91. The van der Waals surface area contributed by atoms with E-state index in [0.29, 0.717) is 16.7 Å². The Kier molecular flexibility index (Phi) is 3.59. The molecule has 0 saturated heterocycles. The quantitative estimate of drug-likeness (QED) is 0.768. The first-order chi connectivity index (χ1) is 10.5. The molecule has 1 aromatic heterocycles. The zero-order valence-corrected chi connectivity index (χ0v) is 12.6. The van der Waals surface area contributed by atoms with Crippen LogP contribution in [0.3, 0.4) is 0 Å². The molecule has 0 unspecified atom stereocenters. The highest BCUT2D eigenvalue weighted by Crippen LogP contribution is 2.16. The van der Waals surface area contributed by atoms with Crippen molar-refractivity contribution in [3.63, 3.8) is 0 Å². The average molecular weight is 318 g/mol. The number of oxazole rings is 1. The van der Waals surface area contributed by atoms with Gasteiger partial charge >= 0.3 is 5.76 Å². The Balaban J connectivity index is 1.84. The number of hydrogen-bond donors (Lipinski definition) is 2. The zero-order chi connectivity index (χ0) is 15.7. The molecule has 0 amide bonds. The normalized spacial score (nSPS) is 11.9. The Bertz CT molecular complexity index is 986. The van der Waals surface area contributed by atoms with Crippen molar-refractivity contribution in [2.24, 2.45) is 0 Å². The van der Waals surface area contributed by atoms with Crippen LogP contribution in [0.1, 0.15) is 11.1 Å². The summed E-state index contributed by atoms with van der Waals surface area (Å²) in [6, 6.07) is 11.8. The summed E-state index contributed by atoms with van der Waals surface area (Å²) in [6.07, 6.45) is 0. The van der Waals surface area contributed by atoms with Crippen LogP contribution in [0.5, 0.6) is 0 Å². The summed E-state index contributed by atoms with van der Waals surface area (Å²) in [7, 11) is -3.58. The summed E-state index contributed by atoms with van der Waals surface area (Å²) in [4.78, 5) is 13.9. The maximum absolute atomic E-state index is 12.3. The molecular formula is C15H14N2O4S. The molecule has 0 spiro atoms. The minimum atomic E-state index is -3.58. The molecule has 0 radical (unpaired) electrons. The Hall–Kier alpha value is -2.38. The average Bonchev–Trinajstić information content (AvgIpc) is 2.85. The van der Waals surface area contributed by atoms with Gasteiger partial charge in [0, 0.05) is 6.54 Å². The fourth-order valence-corrected chi connectivity index (χ4v) is 3.48. The maximum Gasteiger partial charge on any atom is 0.417 e. The van der Waals surface area contributed by atoms with Gasteiger partial charge in [-0.25, -0.2) is 17.9 Å². The number of H-pyrrole nitrogens is 1. The highest BCUT2D eigenvalue weighted by Gasteiger charge is 2.15. The van der Waals surface area contributed by atoms with Crippen molar-refractivity contribution in [2.75, 3.05) is 0 Å². The largest absolute Gasteiger partial charge is 0.417 e. The lowest BCUT2D eigenvalue weighted by Crippen LogP contribution is -2.23. The van der Waals surface area contributed by atoms with Gasteiger partial charge in [-0.05, 0) is 36.2 Å². The van der Waals surface area contributed by atoms with Crippen LogP contribution in [-0.4, -0.2) is 13.4 Å². The number of rotatable bonds is 4. The lowest BCUT2D eigenvalue weighted by atomic mass is 10.2. The molecule has 2 N–H and O–H groups in total. The second kappa shape index (κ2) is 5.43. The number of hydrogen-bond acceptors (Lipinski definition) is 4. The van der Waals surface area contributed by atoms with Crippen molar-refractivity contribution in [2.45, 2.75) is 18.4 Å². The van der Waals surface area contributed by atoms with Crippen LogP contribution < -0.4 is 10.5 Å². The first-order valence-electron chi connectivity index (χ1n) is 6.63. The molecule has 0 saturated carbocycles. The smallest absolute Gasteiger partial charge is 0.408 e. The van der Waals surface area contributed by atoms with Crippen LogP contribution >= 0.6 is 0 Å². The van der Waals surface area contributed by atoms with Crippen LogP contribution in [0.2, 0.25) is 0 Å². The van der Waals surface area contributed by atoms with Crippen molar-refractivity contribution in [3.8, 4) is 0 Å². The van der Waals surface area contributed by atoms with Crippen molar-refractivity contribution in [1.82, 2.24) is 9.71 Å². The van der Waals surface area contributed by atoms with Gasteiger partial charge in [-0.1, -0.05) is 24.3 Å². The Morgan fingerprint density at radius 2 is 1.95 bits per heavy atom. The topological polar surface area (TPSA) is 92.2 Å². The lowest BCUT2D eigenvalue weighted by molar-refractivity contribution is 0.555. The van der Waals surface area contributed by atoms with E-state index in [0.717, 1.165) is 5.56 Å². The molecule has 7 heteroatoms. The van der Waals surface area contributed by atoms with Crippen LogP contribution in [-0.2, 0) is 16.6 Å². The first kappa shape index (κ1) is 14.6. The lowest BCUT2D eigenvalue weighted by Gasteiger charge is -2.09. The summed E-state index contributed by atoms with van der Waals surface area (Å²) in [5.74, 6) is -0.535. The first-order valence-corrected chi connectivity index (χ1v) is 8.11. The fraction of sp³-hybridized carbons (Fsp3) is 0.133. The Labute approximate surface area is 126 Å².